The Hall–Kier alpha value is -0.890. The second-order valence-corrected chi connectivity index (χ2v) is 6.06. The van der Waals surface area contributed by atoms with Crippen molar-refractivity contribution in [3.05, 3.63) is 42.1 Å². The predicted molar refractivity (Wildman–Crippen MR) is 75.5 cm³/mol. The quantitative estimate of drug-likeness (QED) is 0.763. The summed E-state index contributed by atoms with van der Waals surface area (Å²) in [5.74, 6) is 0.933. The highest BCUT2D eigenvalue weighted by Crippen LogP contribution is 2.38. The van der Waals surface area contributed by atoms with Gasteiger partial charge in [-0.1, -0.05) is 34.1 Å². The maximum absolute atomic E-state index is 4.40. The fourth-order valence-electron chi connectivity index (χ4n) is 2.37. The molecule has 0 amide bonds. The zero-order valence-electron chi connectivity index (χ0n) is 9.77. The lowest BCUT2D eigenvalue weighted by Crippen LogP contribution is -2.02. The Morgan fingerprint density at radius 2 is 2.12 bits per heavy atom. The number of rotatable bonds is 4. The van der Waals surface area contributed by atoms with E-state index >= 15 is 0 Å². The first kappa shape index (κ1) is 11.2. The van der Waals surface area contributed by atoms with Gasteiger partial charge in [0, 0.05) is 16.4 Å². The first-order valence-corrected chi connectivity index (χ1v) is 7.23. The Kier molecular flexibility index (Phi) is 3.15. The summed E-state index contributed by atoms with van der Waals surface area (Å²) in [6.07, 6.45) is 7.07. The van der Waals surface area contributed by atoms with Gasteiger partial charge in [0.05, 0.1) is 5.52 Å². The molecule has 88 valence electrons. The molecule has 0 N–H and O–H groups in total. The lowest BCUT2D eigenvalue weighted by atomic mass is 10.0. The number of fused-ring (bicyclic) bond motifs is 1. The van der Waals surface area contributed by atoms with Crippen molar-refractivity contribution >= 4 is 26.8 Å². The molecular weight excluding hydrogens is 274 g/mol. The lowest BCUT2D eigenvalue weighted by Gasteiger charge is -2.09. The monoisotopic (exact) mass is 289 g/mol. The van der Waals surface area contributed by atoms with Crippen molar-refractivity contribution in [3.63, 3.8) is 0 Å². The van der Waals surface area contributed by atoms with Crippen molar-refractivity contribution in [2.24, 2.45) is 5.92 Å². The van der Waals surface area contributed by atoms with Crippen LogP contribution in [0.5, 0.6) is 0 Å². The van der Waals surface area contributed by atoms with Gasteiger partial charge in [0.25, 0.3) is 0 Å². The molecule has 17 heavy (non-hydrogen) atoms. The average Bonchev–Trinajstić information content (AvgIpc) is 3.20. The highest BCUT2D eigenvalue weighted by Gasteiger charge is 2.28. The highest BCUT2D eigenvalue weighted by atomic mass is 79.9. The van der Waals surface area contributed by atoms with Crippen LogP contribution in [0.4, 0.5) is 0 Å². The number of hydrogen-bond acceptors (Lipinski definition) is 1. The summed E-state index contributed by atoms with van der Waals surface area (Å²) >= 11 is 3.81. The third kappa shape index (κ3) is 2.52. The lowest BCUT2D eigenvalue weighted by molar-refractivity contribution is 0.698. The van der Waals surface area contributed by atoms with Crippen molar-refractivity contribution < 1.29 is 0 Å². The summed E-state index contributed by atoms with van der Waals surface area (Å²) in [6, 6.07) is 10.6. The van der Waals surface area contributed by atoms with E-state index in [0.717, 1.165) is 17.9 Å². The summed E-state index contributed by atoms with van der Waals surface area (Å²) in [6.45, 7) is 0. The SMILES string of the molecule is BrC(CCc1cccc2ncccc12)C1CC1. The topological polar surface area (TPSA) is 12.9 Å². The van der Waals surface area contributed by atoms with Crippen LogP contribution in [-0.2, 0) is 6.42 Å². The molecule has 1 heterocycles. The number of benzene rings is 1. The van der Waals surface area contributed by atoms with E-state index < -0.39 is 0 Å². The summed E-state index contributed by atoms with van der Waals surface area (Å²) in [4.78, 5) is 5.11. The molecule has 1 nitrogen and oxygen atoms in total. The van der Waals surface area contributed by atoms with Gasteiger partial charge in [-0.25, -0.2) is 0 Å². The minimum Gasteiger partial charge on any atom is -0.256 e. The summed E-state index contributed by atoms with van der Waals surface area (Å²) in [5, 5.41) is 1.31. The molecule has 0 spiro atoms. The Labute approximate surface area is 110 Å². The second kappa shape index (κ2) is 4.77. The first-order valence-electron chi connectivity index (χ1n) is 6.31. The van der Waals surface area contributed by atoms with Crippen molar-refractivity contribution in [1.82, 2.24) is 4.98 Å². The van der Waals surface area contributed by atoms with Crippen LogP contribution in [0.2, 0.25) is 0 Å². The molecule has 0 radical (unpaired) electrons. The first-order chi connectivity index (χ1) is 8.34. The van der Waals surface area contributed by atoms with Gasteiger partial charge < -0.3 is 0 Å². The van der Waals surface area contributed by atoms with Crippen molar-refractivity contribution in [2.75, 3.05) is 0 Å². The molecule has 2 aromatic rings. The van der Waals surface area contributed by atoms with E-state index in [4.69, 9.17) is 0 Å². The van der Waals surface area contributed by atoms with E-state index in [-0.39, 0.29) is 0 Å². The van der Waals surface area contributed by atoms with E-state index in [2.05, 4.69) is 45.2 Å². The number of halogens is 1. The van der Waals surface area contributed by atoms with Crippen molar-refractivity contribution in [1.29, 1.82) is 0 Å². The standard InChI is InChI=1S/C15H16BrN/c16-14(12-6-7-12)9-8-11-3-1-5-15-13(11)4-2-10-17-15/h1-5,10,12,14H,6-9H2. The molecule has 0 bridgehead atoms. The molecular formula is C15H16BrN. The van der Waals surface area contributed by atoms with Gasteiger partial charge >= 0.3 is 0 Å². The molecule has 1 atom stereocenters. The van der Waals surface area contributed by atoms with E-state index in [1.165, 1.54) is 30.2 Å². The molecule has 0 saturated heterocycles. The summed E-state index contributed by atoms with van der Waals surface area (Å²) in [5.41, 5.74) is 2.54. The molecule has 1 fully saturated rings. The Morgan fingerprint density at radius 3 is 2.94 bits per heavy atom. The van der Waals surface area contributed by atoms with Crippen LogP contribution in [0.25, 0.3) is 10.9 Å². The smallest absolute Gasteiger partial charge is 0.0704 e. The fourth-order valence-corrected chi connectivity index (χ4v) is 3.13. The van der Waals surface area contributed by atoms with Crippen molar-refractivity contribution in [3.8, 4) is 0 Å². The van der Waals surface area contributed by atoms with Gasteiger partial charge in [0.1, 0.15) is 0 Å². The van der Waals surface area contributed by atoms with Crippen LogP contribution >= 0.6 is 15.9 Å². The highest BCUT2D eigenvalue weighted by molar-refractivity contribution is 9.09. The largest absolute Gasteiger partial charge is 0.256 e. The zero-order chi connectivity index (χ0) is 11.7. The molecule has 1 aliphatic carbocycles. The summed E-state index contributed by atoms with van der Waals surface area (Å²) in [7, 11) is 0. The number of pyridine rings is 1. The Bertz CT molecular complexity index is 514. The van der Waals surface area contributed by atoms with Gasteiger partial charge in [-0.05, 0) is 49.3 Å². The molecule has 1 aromatic heterocycles. The number of aryl methyl sites for hydroxylation is 1. The van der Waals surface area contributed by atoms with E-state index in [0.29, 0.717) is 4.83 Å². The van der Waals surface area contributed by atoms with Crippen LogP contribution in [-0.4, -0.2) is 9.81 Å². The molecule has 1 aliphatic rings. The Balaban J connectivity index is 1.79. The normalized spacial score (nSPS) is 17.2. The maximum Gasteiger partial charge on any atom is 0.0704 e. The van der Waals surface area contributed by atoms with Crippen LogP contribution in [0.3, 0.4) is 0 Å². The van der Waals surface area contributed by atoms with E-state index in [9.17, 15) is 0 Å². The molecule has 3 rings (SSSR count). The number of alkyl halides is 1. The molecule has 1 aromatic carbocycles. The molecule has 2 heteroatoms. The van der Waals surface area contributed by atoms with Crippen LogP contribution < -0.4 is 0 Å². The van der Waals surface area contributed by atoms with Crippen molar-refractivity contribution in [2.45, 2.75) is 30.5 Å². The average molecular weight is 290 g/mol. The fraction of sp³-hybridized carbons (Fsp3) is 0.400. The number of nitrogens with zero attached hydrogens (tertiary/aromatic N) is 1. The van der Waals surface area contributed by atoms with Gasteiger partial charge in [-0.15, -0.1) is 0 Å². The minimum absolute atomic E-state index is 0.703. The van der Waals surface area contributed by atoms with Crippen LogP contribution in [0, 0.1) is 5.92 Å². The van der Waals surface area contributed by atoms with E-state index in [1.807, 2.05) is 12.3 Å². The zero-order valence-corrected chi connectivity index (χ0v) is 11.4. The maximum atomic E-state index is 4.40. The number of hydrogen-bond donors (Lipinski definition) is 0. The summed E-state index contributed by atoms with van der Waals surface area (Å²) < 4.78 is 0. The van der Waals surface area contributed by atoms with Gasteiger partial charge in [-0.3, -0.25) is 4.98 Å². The molecule has 0 aliphatic heterocycles. The van der Waals surface area contributed by atoms with Gasteiger partial charge in [-0.2, -0.15) is 0 Å². The Morgan fingerprint density at radius 1 is 1.24 bits per heavy atom. The number of aromatic nitrogens is 1. The minimum atomic E-state index is 0.703. The van der Waals surface area contributed by atoms with Crippen LogP contribution in [0.1, 0.15) is 24.8 Å². The van der Waals surface area contributed by atoms with Gasteiger partial charge in [0.2, 0.25) is 0 Å². The third-order valence-electron chi connectivity index (χ3n) is 3.56. The molecule has 1 saturated carbocycles. The third-order valence-corrected chi connectivity index (χ3v) is 4.76. The van der Waals surface area contributed by atoms with E-state index in [1.54, 1.807) is 0 Å². The second-order valence-electron chi connectivity index (χ2n) is 4.88. The molecule has 1 unspecified atom stereocenters. The van der Waals surface area contributed by atoms with Crippen LogP contribution in [0.15, 0.2) is 36.5 Å². The van der Waals surface area contributed by atoms with Gasteiger partial charge in [0.15, 0.2) is 0 Å². The predicted octanol–water partition coefficient (Wildman–Crippen LogP) is 4.34.